The van der Waals surface area contributed by atoms with Crippen molar-refractivity contribution in [3.63, 3.8) is 0 Å². The highest BCUT2D eigenvalue weighted by Crippen LogP contribution is 2.36. The first-order valence-corrected chi connectivity index (χ1v) is 15.1. The van der Waals surface area contributed by atoms with E-state index in [0.717, 1.165) is 75.3 Å². The summed E-state index contributed by atoms with van der Waals surface area (Å²) in [6, 6.07) is 25.6. The Morgan fingerprint density at radius 3 is 2.38 bits per heavy atom. The number of urea groups is 1. The van der Waals surface area contributed by atoms with Gasteiger partial charge < -0.3 is 24.8 Å². The molecule has 0 radical (unpaired) electrons. The average molecular weight is 567 g/mol. The molecule has 42 heavy (non-hydrogen) atoms. The van der Waals surface area contributed by atoms with E-state index in [1.165, 1.54) is 22.2 Å². The number of amides is 3. The first-order valence-electron chi connectivity index (χ1n) is 15.1. The fourth-order valence-electron chi connectivity index (χ4n) is 6.23. The maximum Gasteiger partial charge on any atom is 0.323 e. The predicted molar refractivity (Wildman–Crippen MR) is 170 cm³/mol. The first-order chi connectivity index (χ1) is 20.5. The number of methoxy groups -OCH3 is 1. The molecule has 220 valence electrons. The quantitative estimate of drug-likeness (QED) is 0.186. The number of anilines is 2. The van der Waals surface area contributed by atoms with Crippen LogP contribution in [0.5, 0.6) is 0 Å². The number of hydrogen-bond acceptors (Lipinski definition) is 3. The van der Waals surface area contributed by atoms with E-state index in [4.69, 9.17) is 4.74 Å². The molecular formula is C35H42N4O3. The molecule has 0 saturated carbocycles. The van der Waals surface area contributed by atoms with Crippen LogP contribution in [0.2, 0.25) is 0 Å². The average Bonchev–Trinajstić information content (AvgIpc) is 3.30. The molecule has 7 nitrogen and oxygen atoms in total. The summed E-state index contributed by atoms with van der Waals surface area (Å²) in [4.78, 5) is 27.6. The second kappa shape index (κ2) is 14.2. The summed E-state index contributed by atoms with van der Waals surface area (Å²) < 4.78 is 7.82. The molecule has 1 fully saturated rings. The van der Waals surface area contributed by atoms with Crippen LogP contribution < -0.4 is 10.6 Å². The maximum atomic E-state index is 13.3. The van der Waals surface area contributed by atoms with Gasteiger partial charge in [0.25, 0.3) is 0 Å². The largest absolute Gasteiger partial charge is 0.385 e. The minimum Gasteiger partial charge on any atom is -0.385 e. The van der Waals surface area contributed by atoms with E-state index in [-0.39, 0.29) is 11.9 Å². The Labute approximate surface area is 248 Å². The molecule has 1 aliphatic rings. The zero-order valence-corrected chi connectivity index (χ0v) is 24.8. The third-order valence-electron chi connectivity index (χ3n) is 8.26. The molecule has 0 aliphatic carbocycles. The van der Waals surface area contributed by atoms with Gasteiger partial charge in [-0.05, 0) is 80.5 Å². The van der Waals surface area contributed by atoms with E-state index in [2.05, 4.69) is 51.3 Å². The zero-order valence-electron chi connectivity index (χ0n) is 24.8. The number of benzene rings is 3. The lowest BCUT2D eigenvalue weighted by atomic mass is 9.91. The Kier molecular flexibility index (Phi) is 9.93. The fraction of sp³-hybridized carbons (Fsp3) is 0.371. The van der Waals surface area contributed by atoms with Crippen LogP contribution in [0, 0.1) is 6.92 Å². The number of piperidine rings is 1. The lowest BCUT2D eigenvalue weighted by Gasteiger charge is -2.34. The maximum absolute atomic E-state index is 13.3. The lowest BCUT2D eigenvalue weighted by Crippen LogP contribution is -2.39. The topological polar surface area (TPSA) is 75.6 Å². The highest BCUT2D eigenvalue weighted by molar-refractivity contribution is 5.99. The fourth-order valence-corrected chi connectivity index (χ4v) is 6.23. The van der Waals surface area contributed by atoms with E-state index in [1.807, 2.05) is 54.6 Å². The second-order valence-corrected chi connectivity index (χ2v) is 11.2. The Morgan fingerprint density at radius 1 is 0.905 bits per heavy atom. The van der Waals surface area contributed by atoms with Crippen LogP contribution in [0.1, 0.15) is 54.8 Å². The van der Waals surface area contributed by atoms with Crippen molar-refractivity contribution < 1.29 is 14.3 Å². The molecule has 3 amide bonds. The molecule has 2 N–H and O–H groups in total. The number of aromatic nitrogens is 1. The number of carbonyl (C=O) groups is 2. The standard InChI is InChI=1S/C35H42N4O3/c1-26-31-15-6-7-16-32(31)39(23-10-24-42-2)34(26)28-12-9-22-38(25-28)33(40)17-8-11-27-18-20-30(21-19-27)37-35(41)36-29-13-4-3-5-14-29/h3-7,13-16,18-21,28H,8-12,17,22-25H2,1-2H3,(H2,36,37,41). The number of nitrogens with zero attached hydrogens (tertiary/aromatic N) is 2. The number of nitrogens with one attached hydrogen (secondary N) is 2. The number of likely N-dealkylation sites (tertiary alicyclic amines) is 1. The number of carbonyl (C=O) groups excluding carboxylic acids is 2. The Morgan fingerprint density at radius 2 is 1.62 bits per heavy atom. The number of ether oxygens (including phenoxy) is 1. The summed E-state index contributed by atoms with van der Waals surface area (Å²) in [5.74, 6) is 0.590. The molecule has 0 bridgehead atoms. The van der Waals surface area contributed by atoms with Gasteiger partial charge in [0.2, 0.25) is 5.91 Å². The summed E-state index contributed by atoms with van der Waals surface area (Å²) in [6.07, 6.45) is 5.28. The molecule has 3 aromatic carbocycles. The molecule has 1 unspecified atom stereocenters. The number of para-hydroxylation sites is 2. The van der Waals surface area contributed by atoms with Crippen molar-refractivity contribution in [1.29, 1.82) is 0 Å². The molecule has 1 aromatic heterocycles. The van der Waals surface area contributed by atoms with Gasteiger partial charge in [-0.1, -0.05) is 48.5 Å². The molecule has 5 rings (SSSR count). The van der Waals surface area contributed by atoms with E-state index in [0.29, 0.717) is 12.3 Å². The number of fused-ring (bicyclic) bond motifs is 1. The van der Waals surface area contributed by atoms with Gasteiger partial charge in [-0.25, -0.2) is 4.79 Å². The van der Waals surface area contributed by atoms with Gasteiger partial charge >= 0.3 is 6.03 Å². The van der Waals surface area contributed by atoms with Crippen molar-refractivity contribution in [2.45, 2.75) is 57.9 Å². The highest BCUT2D eigenvalue weighted by Gasteiger charge is 2.29. The van der Waals surface area contributed by atoms with Gasteiger partial charge in [0.1, 0.15) is 0 Å². The van der Waals surface area contributed by atoms with Crippen LogP contribution in [-0.4, -0.2) is 48.2 Å². The summed E-state index contributed by atoms with van der Waals surface area (Å²) in [5.41, 5.74) is 6.65. The summed E-state index contributed by atoms with van der Waals surface area (Å²) >= 11 is 0. The number of rotatable bonds is 11. The van der Waals surface area contributed by atoms with Gasteiger partial charge in [-0.3, -0.25) is 4.79 Å². The summed E-state index contributed by atoms with van der Waals surface area (Å²) in [7, 11) is 1.75. The third kappa shape index (κ3) is 7.21. The summed E-state index contributed by atoms with van der Waals surface area (Å²) in [5, 5.41) is 7.00. The van der Waals surface area contributed by atoms with E-state index < -0.39 is 0 Å². The SMILES string of the molecule is COCCCn1c(C2CCCN(C(=O)CCCc3ccc(NC(=O)Nc4ccccc4)cc3)C2)c(C)c2ccccc21. The predicted octanol–water partition coefficient (Wildman–Crippen LogP) is 7.36. The molecule has 1 atom stereocenters. The number of aryl methyl sites for hydroxylation is 3. The van der Waals surface area contributed by atoms with Crippen LogP contribution >= 0.6 is 0 Å². The van der Waals surface area contributed by atoms with Crippen LogP contribution in [0.25, 0.3) is 10.9 Å². The monoisotopic (exact) mass is 566 g/mol. The lowest BCUT2D eigenvalue weighted by molar-refractivity contribution is -0.132. The van der Waals surface area contributed by atoms with Crippen LogP contribution in [0.4, 0.5) is 16.2 Å². The van der Waals surface area contributed by atoms with Gasteiger partial charge in [-0.2, -0.15) is 0 Å². The molecule has 7 heteroatoms. The van der Waals surface area contributed by atoms with Crippen molar-refractivity contribution in [3.05, 3.63) is 95.7 Å². The van der Waals surface area contributed by atoms with E-state index in [9.17, 15) is 9.59 Å². The van der Waals surface area contributed by atoms with Gasteiger partial charge in [0, 0.05) is 73.7 Å². The Bertz CT molecular complexity index is 1480. The molecule has 2 heterocycles. The van der Waals surface area contributed by atoms with Gasteiger partial charge in [-0.15, -0.1) is 0 Å². The smallest absolute Gasteiger partial charge is 0.323 e. The van der Waals surface area contributed by atoms with Crippen LogP contribution in [0.3, 0.4) is 0 Å². The van der Waals surface area contributed by atoms with E-state index in [1.54, 1.807) is 7.11 Å². The van der Waals surface area contributed by atoms with Crippen molar-refractivity contribution in [2.24, 2.45) is 0 Å². The Hall–Kier alpha value is -4.10. The van der Waals surface area contributed by atoms with Crippen molar-refractivity contribution in [2.75, 3.05) is 37.4 Å². The number of hydrogen-bond donors (Lipinski definition) is 2. The summed E-state index contributed by atoms with van der Waals surface area (Å²) in [6.45, 7) is 5.52. The van der Waals surface area contributed by atoms with E-state index >= 15 is 0 Å². The minimum absolute atomic E-state index is 0.246. The minimum atomic E-state index is -0.273. The van der Waals surface area contributed by atoms with Crippen molar-refractivity contribution >= 4 is 34.2 Å². The Balaban J connectivity index is 1.14. The second-order valence-electron chi connectivity index (χ2n) is 11.2. The molecule has 1 saturated heterocycles. The normalized spacial score (nSPS) is 15.1. The molecular weight excluding hydrogens is 524 g/mol. The highest BCUT2D eigenvalue weighted by atomic mass is 16.5. The first kappa shape index (κ1) is 29.4. The molecule has 1 aliphatic heterocycles. The van der Waals surface area contributed by atoms with Gasteiger partial charge in [0.05, 0.1) is 0 Å². The molecule has 4 aromatic rings. The third-order valence-corrected chi connectivity index (χ3v) is 8.26. The molecule has 0 spiro atoms. The van der Waals surface area contributed by atoms with Gasteiger partial charge in [0.15, 0.2) is 0 Å². The zero-order chi connectivity index (χ0) is 29.3. The van der Waals surface area contributed by atoms with Crippen molar-refractivity contribution in [1.82, 2.24) is 9.47 Å². The van der Waals surface area contributed by atoms with Crippen LogP contribution in [0.15, 0.2) is 78.9 Å². The van der Waals surface area contributed by atoms with Crippen LogP contribution in [-0.2, 0) is 22.5 Å². The van der Waals surface area contributed by atoms with Crippen molar-refractivity contribution in [3.8, 4) is 0 Å².